The first-order chi connectivity index (χ1) is 12.7. The molecule has 2 aromatic carbocycles. The van der Waals surface area contributed by atoms with Gasteiger partial charge in [-0.05, 0) is 42.7 Å². The fourth-order valence-corrected chi connectivity index (χ4v) is 3.54. The van der Waals surface area contributed by atoms with Crippen molar-refractivity contribution in [1.29, 1.82) is 5.26 Å². The van der Waals surface area contributed by atoms with E-state index in [0.29, 0.717) is 22.5 Å². The summed E-state index contributed by atoms with van der Waals surface area (Å²) in [6.45, 7) is 1.57. The standard InChI is InChI=1S/C21H17N3O2/c22-14-15-8-10-17(11-9-15)24-20(25)18(16-6-2-1-3-7-16)19(21(24)26)23-12-4-5-13-23/h1-3,6-11H,4-5,12-13H2. The normalized spacial score (nSPS) is 17.2. The van der Waals surface area contributed by atoms with Crippen LogP contribution in [0.15, 0.2) is 60.3 Å². The number of carbonyl (C=O) groups excluding carboxylic acids is 2. The van der Waals surface area contributed by atoms with E-state index in [0.717, 1.165) is 31.5 Å². The minimum Gasteiger partial charge on any atom is -0.366 e. The summed E-state index contributed by atoms with van der Waals surface area (Å²) in [6, 6.07) is 17.9. The third-order valence-corrected chi connectivity index (χ3v) is 4.80. The molecule has 5 heteroatoms. The van der Waals surface area contributed by atoms with Crippen molar-refractivity contribution in [2.45, 2.75) is 12.8 Å². The third kappa shape index (κ3) is 2.56. The van der Waals surface area contributed by atoms with E-state index in [2.05, 4.69) is 0 Å². The van der Waals surface area contributed by atoms with Crippen LogP contribution in [0.1, 0.15) is 24.0 Å². The van der Waals surface area contributed by atoms with Crippen molar-refractivity contribution < 1.29 is 9.59 Å². The van der Waals surface area contributed by atoms with Crippen LogP contribution in [0, 0.1) is 11.3 Å². The van der Waals surface area contributed by atoms with E-state index < -0.39 is 0 Å². The number of imide groups is 1. The Bertz CT molecular complexity index is 933. The number of amides is 2. The van der Waals surface area contributed by atoms with Gasteiger partial charge in [0.25, 0.3) is 11.8 Å². The summed E-state index contributed by atoms with van der Waals surface area (Å²) in [5, 5.41) is 8.96. The molecule has 0 bridgehead atoms. The van der Waals surface area contributed by atoms with Crippen LogP contribution in [0.4, 0.5) is 5.69 Å². The highest BCUT2D eigenvalue weighted by molar-refractivity contribution is 6.45. The molecule has 128 valence electrons. The lowest BCUT2D eigenvalue weighted by Gasteiger charge is -2.20. The predicted octanol–water partition coefficient (Wildman–Crippen LogP) is 2.94. The molecule has 2 aliphatic heterocycles. The van der Waals surface area contributed by atoms with Crippen LogP contribution in [-0.4, -0.2) is 29.8 Å². The smallest absolute Gasteiger partial charge is 0.282 e. The molecule has 1 saturated heterocycles. The van der Waals surface area contributed by atoms with Gasteiger partial charge in [-0.15, -0.1) is 0 Å². The molecule has 0 atom stereocenters. The molecule has 0 N–H and O–H groups in total. The van der Waals surface area contributed by atoms with Gasteiger partial charge in [-0.2, -0.15) is 5.26 Å². The zero-order valence-electron chi connectivity index (χ0n) is 14.2. The van der Waals surface area contributed by atoms with E-state index in [4.69, 9.17) is 5.26 Å². The van der Waals surface area contributed by atoms with Crippen molar-refractivity contribution in [3.63, 3.8) is 0 Å². The average Bonchev–Trinajstić information content (AvgIpc) is 3.29. The maximum atomic E-state index is 13.2. The summed E-state index contributed by atoms with van der Waals surface area (Å²) in [4.78, 5) is 29.6. The van der Waals surface area contributed by atoms with Crippen LogP contribution in [0.2, 0.25) is 0 Å². The summed E-state index contributed by atoms with van der Waals surface area (Å²) in [5.74, 6) is -0.603. The zero-order valence-corrected chi connectivity index (χ0v) is 14.2. The fourth-order valence-electron chi connectivity index (χ4n) is 3.54. The Hall–Kier alpha value is -3.39. The fraction of sp³-hybridized carbons (Fsp3) is 0.190. The van der Waals surface area contributed by atoms with Crippen LogP contribution >= 0.6 is 0 Å². The molecule has 2 amide bonds. The largest absolute Gasteiger partial charge is 0.366 e. The van der Waals surface area contributed by atoms with Gasteiger partial charge >= 0.3 is 0 Å². The summed E-state index contributed by atoms with van der Waals surface area (Å²) in [5.41, 5.74) is 2.68. The van der Waals surface area contributed by atoms with E-state index in [1.165, 1.54) is 4.90 Å². The number of likely N-dealkylation sites (tertiary alicyclic amines) is 1. The Morgan fingerprint density at radius 1 is 0.846 bits per heavy atom. The van der Waals surface area contributed by atoms with Crippen LogP contribution in [0.3, 0.4) is 0 Å². The van der Waals surface area contributed by atoms with Gasteiger partial charge in [-0.1, -0.05) is 30.3 Å². The summed E-state index contributed by atoms with van der Waals surface area (Å²) in [7, 11) is 0. The Labute approximate surface area is 151 Å². The lowest BCUT2D eigenvalue weighted by atomic mass is 10.0. The van der Waals surface area contributed by atoms with Crippen molar-refractivity contribution in [2.24, 2.45) is 0 Å². The van der Waals surface area contributed by atoms with Gasteiger partial charge < -0.3 is 4.90 Å². The molecular weight excluding hydrogens is 326 g/mol. The quantitative estimate of drug-likeness (QED) is 0.804. The second kappa shape index (κ2) is 6.49. The molecule has 0 unspecified atom stereocenters. The van der Waals surface area contributed by atoms with E-state index in [1.807, 2.05) is 41.3 Å². The van der Waals surface area contributed by atoms with Gasteiger partial charge in [0.1, 0.15) is 5.70 Å². The molecule has 1 fully saturated rings. The predicted molar refractivity (Wildman–Crippen MR) is 97.8 cm³/mol. The van der Waals surface area contributed by atoms with Crippen LogP contribution in [-0.2, 0) is 9.59 Å². The van der Waals surface area contributed by atoms with Crippen molar-refractivity contribution in [2.75, 3.05) is 18.0 Å². The maximum Gasteiger partial charge on any atom is 0.282 e. The minimum absolute atomic E-state index is 0.291. The number of anilines is 1. The van der Waals surface area contributed by atoms with Crippen LogP contribution in [0.25, 0.3) is 5.57 Å². The Morgan fingerprint density at radius 3 is 2.12 bits per heavy atom. The van der Waals surface area contributed by atoms with E-state index >= 15 is 0 Å². The molecule has 0 saturated carbocycles. The Balaban J connectivity index is 1.81. The number of nitrogens with zero attached hydrogens (tertiary/aromatic N) is 3. The molecule has 5 nitrogen and oxygen atoms in total. The zero-order chi connectivity index (χ0) is 18.1. The molecule has 0 aliphatic carbocycles. The first-order valence-corrected chi connectivity index (χ1v) is 8.64. The molecule has 2 heterocycles. The summed E-state index contributed by atoms with van der Waals surface area (Å²) < 4.78 is 0. The number of benzene rings is 2. The molecule has 2 aromatic rings. The van der Waals surface area contributed by atoms with Crippen molar-refractivity contribution in [3.05, 3.63) is 71.4 Å². The first kappa shape index (κ1) is 16.1. The maximum absolute atomic E-state index is 13.2. The summed E-state index contributed by atoms with van der Waals surface area (Å²) >= 11 is 0. The number of hydrogen-bond donors (Lipinski definition) is 0. The molecule has 2 aliphatic rings. The van der Waals surface area contributed by atoms with E-state index in [-0.39, 0.29) is 11.8 Å². The van der Waals surface area contributed by atoms with Gasteiger partial charge in [-0.25, -0.2) is 4.90 Å². The van der Waals surface area contributed by atoms with Crippen molar-refractivity contribution in [3.8, 4) is 6.07 Å². The van der Waals surface area contributed by atoms with Crippen molar-refractivity contribution in [1.82, 2.24) is 4.90 Å². The Morgan fingerprint density at radius 2 is 1.50 bits per heavy atom. The lowest BCUT2D eigenvalue weighted by Crippen LogP contribution is -2.34. The average molecular weight is 343 g/mol. The van der Waals surface area contributed by atoms with E-state index in [9.17, 15) is 9.59 Å². The molecule has 0 radical (unpaired) electrons. The molecule has 0 aromatic heterocycles. The van der Waals surface area contributed by atoms with Crippen molar-refractivity contribution >= 4 is 23.1 Å². The minimum atomic E-state index is -0.312. The highest BCUT2D eigenvalue weighted by atomic mass is 16.2. The Kier molecular flexibility index (Phi) is 4.02. The third-order valence-electron chi connectivity index (χ3n) is 4.80. The summed E-state index contributed by atoms with van der Waals surface area (Å²) in [6.07, 6.45) is 2.04. The number of rotatable bonds is 3. The number of carbonyl (C=O) groups is 2. The van der Waals surface area contributed by atoms with Gasteiger partial charge in [0, 0.05) is 13.1 Å². The highest BCUT2D eigenvalue weighted by Gasteiger charge is 2.42. The topological polar surface area (TPSA) is 64.4 Å². The molecule has 0 spiro atoms. The van der Waals surface area contributed by atoms with Crippen LogP contribution in [0.5, 0.6) is 0 Å². The van der Waals surface area contributed by atoms with Crippen LogP contribution < -0.4 is 4.90 Å². The number of hydrogen-bond acceptors (Lipinski definition) is 4. The first-order valence-electron chi connectivity index (χ1n) is 8.64. The number of nitriles is 1. The second-order valence-corrected chi connectivity index (χ2v) is 6.39. The lowest BCUT2D eigenvalue weighted by molar-refractivity contribution is -0.120. The van der Waals surface area contributed by atoms with Gasteiger partial charge in [0.15, 0.2) is 0 Å². The highest BCUT2D eigenvalue weighted by Crippen LogP contribution is 2.35. The van der Waals surface area contributed by atoms with E-state index in [1.54, 1.807) is 24.3 Å². The van der Waals surface area contributed by atoms with Gasteiger partial charge in [0.05, 0.1) is 22.9 Å². The van der Waals surface area contributed by atoms with Gasteiger partial charge in [-0.3, -0.25) is 9.59 Å². The molecule has 4 rings (SSSR count). The second-order valence-electron chi connectivity index (χ2n) is 6.39. The molecule has 26 heavy (non-hydrogen) atoms. The monoisotopic (exact) mass is 343 g/mol. The SMILES string of the molecule is N#Cc1ccc(N2C(=O)C(c3ccccc3)=C(N3CCCC3)C2=O)cc1. The van der Waals surface area contributed by atoms with Gasteiger partial charge in [0.2, 0.25) is 0 Å². The molecular formula is C21H17N3O2.